The second-order valence-corrected chi connectivity index (χ2v) is 4.92. The monoisotopic (exact) mass is 247 g/mol. The van der Waals surface area contributed by atoms with Gasteiger partial charge in [0.15, 0.2) is 0 Å². The van der Waals surface area contributed by atoms with Crippen LogP contribution in [0.5, 0.6) is 0 Å². The van der Waals surface area contributed by atoms with Crippen molar-refractivity contribution >= 4 is 11.7 Å². The lowest BCUT2D eigenvalue weighted by molar-refractivity contribution is 0.219. The molecule has 1 aliphatic heterocycles. The third-order valence-electron chi connectivity index (χ3n) is 3.23. The van der Waals surface area contributed by atoms with Crippen molar-refractivity contribution in [3.05, 3.63) is 29.8 Å². The molecule has 18 heavy (non-hydrogen) atoms. The number of hydrogen-bond acceptors (Lipinski definition) is 2. The molecule has 2 amide bonds. The van der Waals surface area contributed by atoms with Gasteiger partial charge in [0.05, 0.1) is 0 Å². The number of amides is 2. The Balaban J connectivity index is 1.78. The average Bonchev–Trinajstić information content (AvgIpc) is 2.76. The molecule has 1 heterocycles. The maximum Gasteiger partial charge on any atom is 0.317 e. The fourth-order valence-electron chi connectivity index (χ4n) is 2.05. The van der Waals surface area contributed by atoms with Crippen LogP contribution in [0.25, 0.3) is 0 Å². The Labute approximate surface area is 108 Å². The molecule has 4 nitrogen and oxygen atoms in total. The smallest absolute Gasteiger partial charge is 0.317 e. The Morgan fingerprint density at radius 1 is 1.33 bits per heavy atom. The van der Waals surface area contributed by atoms with Crippen LogP contribution in [0, 0.1) is 0 Å². The number of hydrogen-bond donors (Lipinski definition) is 2. The van der Waals surface area contributed by atoms with E-state index >= 15 is 0 Å². The highest BCUT2D eigenvalue weighted by Gasteiger charge is 2.18. The molecule has 2 rings (SSSR count). The molecule has 0 atom stereocenters. The van der Waals surface area contributed by atoms with Crippen LogP contribution in [0.1, 0.15) is 25.3 Å². The van der Waals surface area contributed by atoms with Crippen molar-refractivity contribution in [2.45, 2.75) is 19.8 Å². The molecular weight excluding hydrogens is 226 g/mol. The van der Waals surface area contributed by atoms with Crippen LogP contribution in [-0.4, -0.2) is 37.1 Å². The number of nitrogens with zero attached hydrogens (tertiary/aromatic N) is 1. The van der Waals surface area contributed by atoms with E-state index in [0.29, 0.717) is 5.92 Å². The molecule has 0 radical (unpaired) electrons. The summed E-state index contributed by atoms with van der Waals surface area (Å²) in [7, 11) is 0. The minimum Gasteiger partial charge on any atom is -0.383 e. The number of carbonyl (C=O) groups excluding carboxylic acids is 1. The van der Waals surface area contributed by atoms with Gasteiger partial charge < -0.3 is 15.5 Å². The quantitative estimate of drug-likeness (QED) is 0.838. The second kappa shape index (κ2) is 5.76. The van der Waals surface area contributed by atoms with Gasteiger partial charge >= 0.3 is 6.03 Å². The molecule has 1 aliphatic rings. The van der Waals surface area contributed by atoms with Crippen molar-refractivity contribution in [1.82, 2.24) is 10.2 Å². The van der Waals surface area contributed by atoms with Crippen LogP contribution in [0.2, 0.25) is 0 Å². The number of nitrogens with one attached hydrogen (secondary N) is 2. The highest BCUT2D eigenvalue weighted by molar-refractivity contribution is 5.76. The van der Waals surface area contributed by atoms with E-state index in [1.54, 1.807) is 0 Å². The third-order valence-corrected chi connectivity index (χ3v) is 3.23. The first-order chi connectivity index (χ1) is 8.66. The van der Waals surface area contributed by atoms with Crippen molar-refractivity contribution in [1.29, 1.82) is 0 Å². The average molecular weight is 247 g/mol. The summed E-state index contributed by atoms with van der Waals surface area (Å²) in [4.78, 5) is 13.2. The molecule has 1 saturated heterocycles. The molecule has 0 saturated carbocycles. The van der Waals surface area contributed by atoms with Crippen molar-refractivity contribution in [3.63, 3.8) is 0 Å². The highest BCUT2D eigenvalue weighted by Crippen LogP contribution is 2.16. The molecule has 0 bridgehead atoms. The zero-order valence-electron chi connectivity index (χ0n) is 11.1. The van der Waals surface area contributed by atoms with Gasteiger partial charge in [0.25, 0.3) is 0 Å². The first-order valence-corrected chi connectivity index (χ1v) is 6.53. The van der Waals surface area contributed by atoms with Crippen molar-refractivity contribution in [2.24, 2.45) is 0 Å². The van der Waals surface area contributed by atoms with E-state index < -0.39 is 0 Å². The lowest BCUT2D eigenvalue weighted by atomic mass is 10.0. The Morgan fingerprint density at radius 2 is 2.06 bits per heavy atom. The third kappa shape index (κ3) is 3.15. The number of rotatable bonds is 5. The zero-order valence-corrected chi connectivity index (χ0v) is 11.1. The summed E-state index contributed by atoms with van der Waals surface area (Å²) in [6.45, 7) is 7.49. The molecule has 4 heteroatoms. The van der Waals surface area contributed by atoms with E-state index in [9.17, 15) is 4.79 Å². The molecule has 1 fully saturated rings. The maximum absolute atomic E-state index is 11.3. The topological polar surface area (TPSA) is 44.4 Å². The maximum atomic E-state index is 11.3. The van der Waals surface area contributed by atoms with E-state index in [1.165, 1.54) is 5.56 Å². The van der Waals surface area contributed by atoms with Gasteiger partial charge in [0.1, 0.15) is 0 Å². The molecule has 98 valence electrons. The van der Waals surface area contributed by atoms with Crippen LogP contribution in [0.3, 0.4) is 0 Å². The predicted octanol–water partition coefficient (Wildman–Crippen LogP) is 2.25. The molecule has 1 aromatic rings. The summed E-state index contributed by atoms with van der Waals surface area (Å²) in [5, 5.41) is 6.13. The number of carbonyl (C=O) groups is 1. The van der Waals surface area contributed by atoms with Crippen molar-refractivity contribution in [2.75, 3.05) is 31.5 Å². The van der Waals surface area contributed by atoms with E-state index in [1.807, 2.05) is 4.90 Å². The molecule has 0 aromatic heterocycles. The van der Waals surface area contributed by atoms with E-state index in [0.717, 1.165) is 31.9 Å². The number of anilines is 1. The molecule has 1 aromatic carbocycles. The van der Waals surface area contributed by atoms with Gasteiger partial charge in [-0.1, -0.05) is 26.0 Å². The Hall–Kier alpha value is -1.71. The van der Waals surface area contributed by atoms with Gasteiger partial charge in [-0.25, -0.2) is 4.79 Å². The summed E-state index contributed by atoms with van der Waals surface area (Å²) in [6, 6.07) is 8.54. The lowest BCUT2D eigenvalue weighted by Gasteiger charge is -2.15. The van der Waals surface area contributed by atoms with Gasteiger partial charge in [-0.05, 0) is 23.6 Å². The molecule has 2 N–H and O–H groups in total. The summed E-state index contributed by atoms with van der Waals surface area (Å²) >= 11 is 0. The fraction of sp³-hybridized carbons (Fsp3) is 0.500. The van der Waals surface area contributed by atoms with Crippen LogP contribution < -0.4 is 10.6 Å². The summed E-state index contributed by atoms with van der Waals surface area (Å²) in [5.74, 6) is 0.562. The number of urea groups is 1. The minimum absolute atomic E-state index is 0.0481. The Bertz CT molecular complexity index is 400. The van der Waals surface area contributed by atoms with Crippen molar-refractivity contribution < 1.29 is 4.79 Å². The molecule has 0 unspecified atom stereocenters. The second-order valence-electron chi connectivity index (χ2n) is 4.92. The Kier molecular flexibility index (Phi) is 4.07. The lowest BCUT2D eigenvalue weighted by Crippen LogP contribution is -2.32. The molecular formula is C14H21N3O. The summed E-state index contributed by atoms with van der Waals surface area (Å²) in [5.41, 5.74) is 2.46. The Morgan fingerprint density at radius 3 is 2.61 bits per heavy atom. The zero-order chi connectivity index (χ0) is 13.0. The van der Waals surface area contributed by atoms with Gasteiger partial charge in [-0.15, -0.1) is 0 Å². The first-order valence-electron chi connectivity index (χ1n) is 6.53. The molecule has 0 aliphatic carbocycles. The van der Waals surface area contributed by atoms with Gasteiger partial charge in [-0.2, -0.15) is 0 Å². The van der Waals surface area contributed by atoms with E-state index in [4.69, 9.17) is 0 Å². The van der Waals surface area contributed by atoms with Gasteiger partial charge in [-0.3, -0.25) is 0 Å². The van der Waals surface area contributed by atoms with Crippen LogP contribution in [0.4, 0.5) is 10.5 Å². The largest absolute Gasteiger partial charge is 0.383 e. The van der Waals surface area contributed by atoms with Gasteiger partial charge in [0.2, 0.25) is 0 Å². The minimum atomic E-state index is 0.0481. The van der Waals surface area contributed by atoms with E-state index in [2.05, 4.69) is 48.7 Å². The summed E-state index contributed by atoms with van der Waals surface area (Å²) < 4.78 is 0. The van der Waals surface area contributed by atoms with Crippen LogP contribution in [-0.2, 0) is 0 Å². The highest BCUT2D eigenvalue weighted by atomic mass is 16.2. The number of benzene rings is 1. The fourth-order valence-corrected chi connectivity index (χ4v) is 2.05. The normalized spacial score (nSPS) is 15.1. The SMILES string of the molecule is CC(C)c1ccc(NCCN2CCNC2=O)cc1. The van der Waals surface area contributed by atoms with Crippen molar-refractivity contribution in [3.8, 4) is 0 Å². The molecule has 0 spiro atoms. The standard InChI is InChI=1S/C14H21N3O/c1-11(2)12-3-5-13(6-4-12)15-7-9-17-10-8-16-14(17)18/h3-6,11,15H,7-10H2,1-2H3,(H,16,18). The predicted molar refractivity (Wildman–Crippen MR) is 74.0 cm³/mol. The van der Waals surface area contributed by atoms with Crippen LogP contribution in [0.15, 0.2) is 24.3 Å². The van der Waals surface area contributed by atoms with Crippen LogP contribution >= 0.6 is 0 Å². The summed E-state index contributed by atoms with van der Waals surface area (Å²) in [6.07, 6.45) is 0. The van der Waals surface area contributed by atoms with E-state index in [-0.39, 0.29) is 6.03 Å². The first kappa shape index (κ1) is 12.7. The van der Waals surface area contributed by atoms with Gasteiger partial charge in [0, 0.05) is 31.9 Å².